The van der Waals surface area contributed by atoms with Gasteiger partial charge in [0.15, 0.2) is 0 Å². The zero-order chi connectivity index (χ0) is 13.8. The molecule has 0 spiro atoms. The normalized spacial score (nSPS) is 10.2. The third kappa shape index (κ3) is 3.35. The molecule has 0 amide bonds. The number of nitrogens with two attached hydrogens (primary N) is 1. The molecule has 0 aromatic heterocycles. The smallest absolute Gasteiger partial charge is 0.128 e. The summed E-state index contributed by atoms with van der Waals surface area (Å²) in [4.78, 5) is 0. The van der Waals surface area contributed by atoms with Crippen LogP contribution in [0.1, 0.15) is 18.1 Å². The Labute approximate surface area is 121 Å². The molecule has 2 aromatic rings. The lowest BCUT2D eigenvalue weighted by atomic mass is 10.1. The van der Waals surface area contributed by atoms with Crippen LogP contribution in [0.3, 0.4) is 0 Å². The van der Waals surface area contributed by atoms with Crippen LogP contribution in [0.2, 0.25) is 0 Å². The van der Waals surface area contributed by atoms with Crippen LogP contribution in [-0.2, 0) is 6.42 Å². The molecule has 98 valence electrons. The van der Waals surface area contributed by atoms with Gasteiger partial charge in [-0.05, 0) is 58.2 Å². The molecule has 2 aromatic carbocycles. The van der Waals surface area contributed by atoms with Crippen molar-refractivity contribution in [2.24, 2.45) is 5.73 Å². The molecule has 3 N–H and O–H groups in total. The lowest BCUT2D eigenvalue weighted by molar-refractivity contribution is 0.481. The summed E-state index contributed by atoms with van der Waals surface area (Å²) >= 11 is 3.39. The molecule has 0 heterocycles. The van der Waals surface area contributed by atoms with E-state index < -0.39 is 0 Å². The quantitative estimate of drug-likeness (QED) is 0.659. The van der Waals surface area contributed by atoms with Crippen LogP contribution in [0.25, 0.3) is 0 Å². The van der Waals surface area contributed by atoms with E-state index in [0.717, 1.165) is 16.6 Å². The third-order valence-electron chi connectivity index (χ3n) is 2.77. The van der Waals surface area contributed by atoms with E-state index in [9.17, 15) is 0 Å². The minimum Gasteiger partial charge on any atom is -0.457 e. The Morgan fingerprint density at radius 1 is 1.21 bits per heavy atom. The van der Waals surface area contributed by atoms with Gasteiger partial charge in [0.05, 0.1) is 0 Å². The highest BCUT2D eigenvalue weighted by molar-refractivity contribution is 9.10. The van der Waals surface area contributed by atoms with Gasteiger partial charge in [-0.1, -0.05) is 19.1 Å². The van der Waals surface area contributed by atoms with Crippen LogP contribution in [0.15, 0.2) is 46.9 Å². The summed E-state index contributed by atoms with van der Waals surface area (Å²) in [5.41, 5.74) is 7.36. The molecule has 3 nitrogen and oxygen atoms in total. The van der Waals surface area contributed by atoms with Gasteiger partial charge in [-0.2, -0.15) is 0 Å². The number of nitrogen functional groups attached to an aromatic ring is 1. The Hall–Kier alpha value is -1.81. The predicted molar refractivity (Wildman–Crippen MR) is 81.1 cm³/mol. The van der Waals surface area contributed by atoms with E-state index in [1.165, 1.54) is 5.56 Å². The first-order valence-corrected chi connectivity index (χ1v) is 6.80. The molecule has 0 aliphatic rings. The van der Waals surface area contributed by atoms with Crippen molar-refractivity contribution in [2.45, 2.75) is 13.3 Å². The van der Waals surface area contributed by atoms with E-state index in [-0.39, 0.29) is 5.84 Å². The fourth-order valence-electron chi connectivity index (χ4n) is 1.74. The summed E-state index contributed by atoms with van der Waals surface area (Å²) < 4.78 is 6.55. The zero-order valence-corrected chi connectivity index (χ0v) is 12.2. The lowest BCUT2D eigenvalue weighted by Gasteiger charge is -2.09. The van der Waals surface area contributed by atoms with E-state index in [4.69, 9.17) is 15.9 Å². The van der Waals surface area contributed by atoms with Crippen molar-refractivity contribution in [3.05, 3.63) is 58.1 Å². The van der Waals surface area contributed by atoms with E-state index in [0.29, 0.717) is 11.3 Å². The molecule has 0 saturated carbocycles. The number of aryl methyl sites for hydroxylation is 1. The Balaban J connectivity index is 2.23. The first-order valence-electron chi connectivity index (χ1n) is 6.01. The molecule has 0 bridgehead atoms. The van der Waals surface area contributed by atoms with E-state index in [2.05, 4.69) is 28.9 Å². The van der Waals surface area contributed by atoms with Gasteiger partial charge in [-0.25, -0.2) is 0 Å². The summed E-state index contributed by atoms with van der Waals surface area (Å²) in [6.07, 6.45) is 0.976. The number of ether oxygens (including phenoxy) is 1. The van der Waals surface area contributed by atoms with Crippen LogP contribution in [0.4, 0.5) is 0 Å². The third-order valence-corrected chi connectivity index (χ3v) is 3.43. The monoisotopic (exact) mass is 318 g/mol. The minimum absolute atomic E-state index is 0.0337. The molecule has 0 radical (unpaired) electrons. The second-order valence-electron chi connectivity index (χ2n) is 4.16. The van der Waals surface area contributed by atoms with Gasteiger partial charge in [0.2, 0.25) is 0 Å². The Kier molecular flexibility index (Phi) is 4.22. The number of hydrogen-bond acceptors (Lipinski definition) is 2. The number of rotatable bonds is 4. The van der Waals surface area contributed by atoms with Crippen molar-refractivity contribution in [3.63, 3.8) is 0 Å². The predicted octanol–water partition coefficient (Wildman–Crippen LogP) is 4.09. The Morgan fingerprint density at radius 3 is 2.58 bits per heavy atom. The van der Waals surface area contributed by atoms with Crippen LogP contribution in [0.5, 0.6) is 11.5 Å². The molecule has 0 atom stereocenters. The van der Waals surface area contributed by atoms with Crippen molar-refractivity contribution < 1.29 is 4.74 Å². The lowest BCUT2D eigenvalue weighted by Crippen LogP contribution is -2.11. The summed E-state index contributed by atoms with van der Waals surface area (Å²) in [7, 11) is 0. The number of benzene rings is 2. The van der Waals surface area contributed by atoms with E-state index in [1.807, 2.05) is 24.3 Å². The molecule has 2 rings (SSSR count). The fourth-order valence-corrected chi connectivity index (χ4v) is 2.31. The molecule has 0 aliphatic carbocycles. The number of hydrogen-bond donors (Lipinski definition) is 2. The topological polar surface area (TPSA) is 59.1 Å². The highest BCUT2D eigenvalue weighted by Crippen LogP contribution is 2.27. The van der Waals surface area contributed by atoms with Gasteiger partial charge in [0.25, 0.3) is 0 Å². The maximum absolute atomic E-state index is 7.43. The molecule has 0 unspecified atom stereocenters. The first-order chi connectivity index (χ1) is 9.10. The summed E-state index contributed by atoms with van der Waals surface area (Å²) in [6.45, 7) is 2.11. The fraction of sp³-hybridized carbons (Fsp3) is 0.133. The Morgan fingerprint density at radius 2 is 1.95 bits per heavy atom. The average Bonchev–Trinajstić information content (AvgIpc) is 2.38. The van der Waals surface area contributed by atoms with Gasteiger partial charge >= 0.3 is 0 Å². The molecule has 19 heavy (non-hydrogen) atoms. The second-order valence-corrected chi connectivity index (χ2v) is 5.01. The molecule has 0 saturated heterocycles. The van der Waals surface area contributed by atoms with Gasteiger partial charge in [0, 0.05) is 10.0 Å². The molecular formula is C15H15BrN2O. The van der Waals surface area contributed by atoms with Gasteiger partial charge in [-0.3, -0.25) is 5.41 Å². The standard InChI is InChI=1S/C15H15BrN2O/c1-2-10-4-3-5-11(8-10)19-12-6-7-13(15(17)18)14(16)9-12/h3-9H,2H2,1H3,(H3,17,18). The molecule has 0 aliphatic heterocycles. The Bertz CT molecular complexity index is 611. The molecule has 0 fully saturated rings. The minimum atomic E-state index is 0.0337. The maximum atomic E-state index is 7.43. The van der Waals surface area contributed by atoms with E-state index in [1.54, 1.807) is 12.1 Å². The SMILES string of the molecule is CCc1cccc(Oc2ccc(C(=N)N)c(Br)c2)c1. The number of halogens is 1. The largest absolute Gasteiger partial charge is 0.457 e. The highest BCUT2D eigenvalue weighted by Gasteiger charge is 2.05. The van der Waals surface area contributed by atoms with Crippen LogP contribution >= 0.6 is 15.9 Å². The van der Waals surface area contributed by atoms with E-state index >= 15 is 0 Å². The first kappa shape index (κ1) is 13.6. The van der Waals surface area contributed by atoms with Crippen LogP contribution in [0, 0.1) is 5.41 Å². The van der Waals surface area contributed by atoms with Crippen LogP contribution < -0.4 is 10.5 Å². The molecular weight excluding hydrogens is 304 g/mol. The second kappa shape index (κ2) is 5.89. The molecule has 4 heteroatoms. The summed E-state index contributed by atoms with van der Waals surface area (Å²) in [5, 5.41) is 7.43. The van der Waals surface area contributed by atoms with Gasteiger partial charge in [0.1, 0.15) is 17.3 Å². The van der Waals surface area contributed by atoms with Gasteiger partial charge in [-0.15, -0.1) is 0 Å². The van der Waals surface area contributed by atoms with Crippen LogP contribution in [-0.4, -0.2) is 5.84 Å². The van der Waals surface area contributed by atoms with Crippen molar-refractivity contribution in [1.29, 1.82) is 5.41 Å². The maximum Gasteiger partial charge on any atom is 0.128 e. The van der Waals surface area contributed by atoms with Crippen molar-refractivity contribution in [1.82, 2.24) is 0 Å². The van der Waals surface area contributed by atoms with Crippen molar-refractivity contribution in [3.8, 4) is 11.5 Å². The number of amidine groups is 1. The zero-order valence-electron chi connectivity index (χ0n) is 10.6. The van der Waals surface area contributed by atoms with Crippen molar-refractivity contribution >= 4 is 21.8 Å². The van der Waals surface area contributed by atoms with Gasteiger partial charge < -0.3 is 10.5 Å². The summed E-state index contributed by atoms with van der Waals surface area (Å²) in [6, 6.07) is 13.4. The highest BCUT2D eigenvalue weighted by atomic mass is 79.9. The number of nitrogens with one attached hydrogen (secondary N) is 1. The average molecular weight is 319 g/mol. The summed E-state index contributed by atoms with van der Waals surface area (Å²) in [5.74, 6) is 1.55. The van der Waals surface area contributed by atoms with Crippen molar-refractivity contribution in [2.75, 3.05) is 0 Å².